The molecule has 2 aromatic carbocycles. The van der Waals surface area contributed by atoms with E-state index in [-0.39, 0.29) is 5.84 Å². The van der Waals surface area contributed by atoms with E-state index in [2.05, 4.69) is 5.16 Å². The Morgan fingerprint density at radius 2 is 1.95 bits per heavy atom. The fourth-order valence-electron chi connectivity index (χ4n) is 1.71. The Morgan fingerprint density at radius 3 is 2.55 bits per heavy atom. The van der Waals surface area contributed by atoms with Crippen LogP contribution < -0.4 is 10.5 Å². The fourth-order valence-corrected chi connectivity index (χ4v) is 2.00. The Balaban J connectivity index is 2.04. The summed E-state index contributed by atoms with van der Waals surface area (Å²) in [5, 5.41) is 12.2. The molecule has 0 heterocycles. The molecule has 0 unspecified atom stereocenters. The Morgan fingerprint density at radius 1 is 1.25 bits per heavy atom. The van der Waals surface area contributed by atoms with Gasteiger partial charge in [-0.15, -0.1) is 0 Å². The zero-order valence-corrected chi connectivity index (χ0v) is 11.8. The molecule has 20 heavy (non-hydrogen) atoms. The van der Waals surface area contributed by atoms with Crippen molar-refractivity contribution in [2.75, 3.05) is 0 Å². The van der Waals surface area contributed by atoms with Crippen LogP contribution in [0.1, 0.15) is 16.7 Å². The first-order valence-electron chi connectivity index (χ1n) is 6.06. The van der Waals surface area contributed by atoms with Gasteiger partial charge in [0.2, 0.25) is 0 Å². The summed E-state index contributed by atoms with van der Waals surface area (Å²) in [6.07, 6.45) is 0. The molecule has 0 spiro atoms. The highest BCUT2D eigenvalue weighted by Crippen LogP contribution is 2.20. The van der Waals surface area contributed by atoms with E-state index in [4.69, 9.17) is 27.3 Å². The molecule has 0 bridgehead atoms. The van der Waals surface area contributed by atoms with Crippen molar-refractivity contribution in [3.63, 3.8) is 0 Å². The second-order valence-electron chi connectivity index (χ2n) is 4.39. The van der Waals surface area contributed by atoms with Gasteiger partial charge in [0.15, 0.2) is 5.84 Å². The highest BCUT2D eigenvalue weighted by molar-refractivity contribution is 6.31. The van der Waals surface area contributed by atoms with Crippen molar-refractivity contribution in [2.45, 2.75) is 13.5 Å². The monoisotopic (exact) mass is 290 g/mol. The van der Waals surface area contributed by atoms with Crippen LogP contribution in [0.25, 0.3) is 0 Å². The molecule has 0 saturated carbocycles. The normalized spacial score (nSPS) is 11.4. The molecular weight excluding hydrogens is 276 g/mol. The van der Waals surface area contributed by atoms with Crippen LogP contribution in [0.4, 0.5) is 0 Å². The van der Waals surface area contributed by atoms with Crippen LogP contribution in [0.15, 0.2) is 47.6 Å². The highest BCUT2D eigenvalue weighted by atomic mass is 35.5. The number of rotatable bonds is 4. The zero-order chi connectivity index (χ0) is 14.5. The van der Waals surface area contributed by atoms with Gasteiger partial charge in [-0.05, 0) is 42.8 Å². The third-order valence-electron chi connectivity index (χ3n) is 2.86. The molecule has 4 nitrogen and oxygen atoms in total. The minimum absolute atomic E-state index is 0.0677. The van der Waals surface area contributed by atoms with Gasteiger partial charge in [0.05, 0.1) is 0 Å². The van der Waals surface area contributed by atoms with Gasteiger partial charge in [0, 0.05) is 16.1 Å². The highest BCUT2D eigenvalue weighted by Gasteiger charge is 2.03. The topological polar surface area (TPSA) is 67.8 Å². The van der Waals surface area contributed by atoms with Crippen LogP contribution in [0.3, 0.4) is 0 Å². The first kappa shape index (κ1) is 14.2. The fraction of sp³-hybridized carbons (Fsp3) is 0.133. The van der Waals surface area contributed by atoms with E-state index in [0.717, 1.165) is 11.1 Å². The van der Waals surface area contributed by atoms with Crippen LogP contribution in [-0.4, -0.2) is 11.0 Å². The lowest BCUT2D eigenvalue weighted by Gasteiger charge is -2.09. The van der Waals surface area contributed by atoms with E-state index < -0.39 is 0 Å². The number of nitrogens with two attached hydrogens (primary N) is 1. The van der Waals surface area contributed by atoms with Crippen molar-refractivity contribution >= 4 is 17.4 Å². The van der Waals surface area contributed by atoms with Crippen LogP contribution in [-0.2, 0) is 6.61 Å². The van der Waals surface area contributed by atoms with Crippen molar-refractivity contribution in [1.29, 1.82) is 0 Å². The molecule has 0 aromatic heterocycles. The van der Waals surface area contributed by atoms with Crippen LogP contribution in [0.5, 0.6) is 5.75 Å². The van der Waals surface area contributed by atoms with Crippen LogP contribution >= 0.6 is 11.6 Å². The van der Waals surface area contributed by atoms with Gasteiger partial charge in [-0.2, -0.15) is 0 Å². The van der Waals surface area contributed by atoms with Gasteiger partial charge >= 0.3 is 0 Å². The van der Waals surface area contributed by atoms with E-state index in [1.54, 1.807) is 24.3 Å². The Kier molecular flexibility index (Phi) is 4.48. The molecule has 2 aromatic rings. The van der Waals surface area contributed by atoms with Gasteiger partial charge in [0.1, 0.15) is 12.4 Å². The SMILES string of the molecule is Cc1ccc(COc2ccc(/C(N)=N/O)cc2)c(Cl)c1. The average molecular weight is 291 g/mol. The lowest BCUT2D eigenvalue weighted by Crippen LogP contribution is -2.12. The quantitative estimate of drug-likeness (QED) is 0.393. The van der Waals surface area contributed by atoms with E-state index >= 15 is 0 Å². The van der Waals surface area contributed by atoms with Gasteiger partial charge in [-0.3, -0.25) is 0 Å². The molecule has 3 N–H and O–H groups in total. The third-order valence-corrected chi connectivity index (χ3v) is 3.21. The average Bonchev–Trinajstić information content (AvgIpc) is 2.46. The maximum Gasteiger partial charge on any atom is 0.170 e. The summed E-state index contributed by atoms with van der Waals surface area (Å²) >= 11 is 6.14. The minimum atomic E-state index is 0.0677. The van der Waals surface area contributed by atoms with E-state index in [0.29, 0.717) is 22.9 Å². The summed E-state index contributed by atoms with van der Waals surface area (Å²) in [4.78, 5) is 0. The summed E-state index contributed by atoms with van der Waals surface area (Å²) in [5.74, 6) is 0.759. The largest absolute Gasteiger partial charge is 0.489 e. The second-order valence-corrected chi connectivity index (χ2v) is 4.80. The molecule has 0 saturated heterocycles. The summed E-state index contributed by atoms with van der Waals surface area (Å²) < 4.78 is 5.65. The van der Waals surface area contributed by atoms with Crippen molar-refractivity contribution in [1.82, 2.24) is 0 Å². The van der Waals surface area contributed by atoms with Crippen molar-refractivity contribution in [3.05, 3.63) is 64.2 Å². The number of benzene rings is 2. The van der Waals surface area contributed by atoms with E-state index in [1.807, 2.05) is 25.1 Å². The second kappa shape index (κ2) is 6.30. The molecule has 5 heteroatoms. The van der Waals surface area contributed by atoms with Crippen molar-refractivity contribution in [2.24, 2.45) is 10.9 Å². The Hall–Kier alpha value is -2.20. The summed E-state index contributed by atoms with van der Waals surface area (Å²) in [6.45, 7) is 2.38. The van der Waals surface area contributed by atoms with Gasteiger partial charge in [-0.25, -0.2) is 0 Å². The van der Waals surface area contributed by atoms with Gasteiger partial charge in [-0.1, -0.05) is 28.9 Å². The summed E-state index contributed by atoms with van der Waals surface area (Å²) in [7, 11) is 0. The van der Waals surface area contributed by atoms with Gasteiger partial charge in [0.25, 0.3) is 0 Å². The predicted molar refractivity (Wildman–Crippen MR) is 79.5 cm³/mol. The molecule has 0 aliphatic rings. The maximum absolute atomic E-state index is 8.58. The number of hydrogen-bond donors (Lipinski definition) is 2. The molecule has 2 rings (SSSR count). The number of nitrogens with zero attached hydrogens (tertiary/aromatic N) is 1. The first-order chi connectivity index (χ1) is 9.60. The summed E-state index contributed by atoms with van der Waals surface area (Å²) in [6, 6.07) is 12.8. The maximum atomic E-state index is 8.58. The molecule has 0 aliphatic heterocycles. The number of hydrogen-bond acceptors (Lipinski definition) is 3. The molecule has 0 amide bonds. The van der Waals surface area contributed by atoms with E-state index in [9.17, 15) is 0 Å². The number of oxime groups is 1. The Bertz CT molecular complexity index is 624. The molecule has 0 fully saturated rings. The standard InChI is InChI=1S/C15H15ClN2O2/c1-10-2-3-12(14(16)8-10)9-20-13-6-4-11(5-7-13)15(17)18-19/h2-8,19H,9H2,1H3,(H2,17,18). The molecule has 0 aliphatic carbocycles. The number of aryl methyl sites for hydroxylation is 1. The molecule has 0 atom stereocenters. The molecular formula is C15H15ClN2O2. The molecule has 104 valence electrons. The summed E-state index contributed by atoms with van der Waals surface area (Å²) in [5.41, 5.74) is 8.16. The first-order valence-corrected chi connectivity index (χ1v) is 6.43. The van der Waals surface area contributed by atoms with Crippen molar-refractivity contribution < 1.29 is 9.94 Å². The lowest BCUT2D eigenvalue weighted by molar-refractivity contribution is 0.306. The predicted octanol–water partition coefficient (Wildman–Crippen LogP) is 3.32. The Labute approximate surface area is 122 Å². The van der Waals surface area contributed by atoms with Gasteiger partial charge < -0.3 is 15.7 Å². The lowest BCUT2D eigenvalue weighted by atomic mass is 10.1. The van der Waals surface area contributed by atoms with Crippen LogP contribution in [0.2, 0.25) is 5.02 Å². The smallest absolute Gasteiger partial charge is 0.170 e. The van der Waals surface area contributed by atoms with Crippen molar-refractivity contribution in [3.8, 4) is 5.75 Å². The van der Waals surface area contributed by atoms with E-state index in [1.165, 1.54) is 0 Å². The number of ether oxygens (including phenoxy) is 1. The zero-order valence-electron chi connectivity index (χ0n) is 11.0. The van der Waals surface area contributed by atoms with Crippen LogP contribution in [0, 0.1) is 6.92 Å². The minimum Gasteiger partial charge on any atom is -0.489 e. The molecule has 0 radical (unpaired) electrons. The third kappa shape index (κ3) is 3.42. The number of amidine groups is 1. The number of halogens is 1.